The Labute approximate surface area is 82.1 Å². The summed E-state index contributed by atoms with van der Waals surface area (Å²) in [6.07, 6.45) is 4.92. The van der Waals surface area contributed by atoms with Gasteiger partial charge in [-0.25, -0.2) is 0 Å². The zero-order chi connectivity index (χ0) is 9.26. The van der Waals surface area contributed by atoms with E-state index in [4.69, 9.17) is 0 Å². The zero-order valence-corrected chi connectivity index (χ0v) is 8.48. The molecule has 0 saturated carbocycles. The molecule has 0 unspecified atom stereocenters. The molecule has 0 aliphatic heterocycles. The first-order valence-electron chi connectivity index (χ1n) is 3.65. The summed E-state index contributed by atoms with van der Waals surface area (Å²) in [5.74, 6) is 0. The normalized spacial score (nSPS) is 10.2. The highest BCUT2D eigenvalue weighted by Crippen LogP contribution is 2.26. The Balaban J connectivity index is 2.60. The average molecular weight is 210 g/mol. The number of rotatable bonds is 1. The second-order valence-corrected chi connectivity index (χ2v) is 4.61. The second kappa shape index (κ2) is 3.35. The Kier molecular flexibility index (Phi) is 2.20. The van der Waals surface area contributed by atoms with E-state index in [0.29, 0.717) is 0 Å². The van der Waals surface area contributed by atoms with Gasteiger partial charge in [0.15, 0.2) is 0 Å². The fourth-order valence-corrected chi connectivity index (χ4v) is 3.29. The summed E-state index contributed by atoms with van der Waals surface area (Å²) in [7, 11) is 2.70. The lowest BCUT2D eigenvalue weighted by Gasteiger charge is -1.94. The molecule has 0 spiro atoms. The molecule has 0 amide bonds. The Morgan fingerprint density at radius 2 is 2.15 bits per heavy atom. The minimum atomic E-state index is 0.116. The van der Waals surface area contributed by atoms with Crippen LogP contribution in [0.2, 0.25) is 0 Å². The summed E-state index contributed by atoms with van der Waals surface area (Å²) < 4.78 is 0.116. The van der Waals surface area contributed by atoms with Gasteiger partial charge in [-0.3, -0.25) is 14.8 Å². The topological polar surface area (TPSA) is 42.9 Å². The van der Waals surface area contributed by atoms with Crippen LogP contribution in [0.15, 0.2) is 23.4 Å². The van der Waals surface area contributed by atoms with E-state index in [1.54, 1.807) is 18.6 Å². The van der Waals surface area contributed by atoms with Crippen LogP contribution in [0.25, 0.3) is 10.6 Å². The second-order valence-electron chi connectivity index (χ2n) is 2.50. The predicted molar refractivity (Wildman–Crippen MR) is 54.2 cm³/mol. The lowest BCUT2D eigenvalue weighted by atomic mass is 10.2. The fraction of sp³-hybridized carbons (Fsp3) is 0.125. The highest BCUT2D eigenvalue weighted by molar-refractivity contribution is 7.69. The maximum absolute atomic E-state index is 11.2. The molecule has 0 aliphatic rings. The lowest BCUT2D eigenvalue weighted by molar-refractivity contribution is 1.21. The van der Waals surface area contributed by atoms with Crippen molar-refractivity contribution in [1.82, 2.24) is 9.97 Å². The molecule has 0 atom stereocenters. The van der Waals surface area contributed by atoms with Crippen LogP contribution >= 0.6 is 20.7 Å². The van der Waals surface area contributed by atoms with Crippen molar-refractivity contribution >= 4 is 20.7 Å². The highest BCUT2D eigenvalue weighted by Gasteiger charge is 2.08. The first kappa shape index (κ1) is 8.52. The van der Waals surface area contributed by atoms with Gasteiger partial charge in [0.2, 0.25) is 4.74 Å². The van der Waals surface area contributed by atoms with Crippen LogP contribution in [0.1, 0.15) is 5.56 Å². The zero-order valence-electron chi connectivity index (χ0n) is 6.85. The molecule has 0 bridgehead atoms. The van der Waals surface area contributed by atoms with E-state index in [1.165, 1.54) is 20.7 Å². The van der Waals surface area contributed by atoms with Crippen LogP contribution in [0.3, 0.4) is 0 Å². The molecule has 0 fully saturated rings. The van der Waals surface area contributed by atoms with Crippen LogP contribution in [0.5, 0.6) is 0 Å². The minimum absolute atomic E-state index is 0.116. The number of nitrogens with zero attached hydrogens (tertiary/aromatic N) is 2. The number of hydrogen-bond donors (Lipinski definition) is 0. The summed E-state index contributed by atoms with van der Waals surface area (Å²) in [5.41, 5.74) is 1.55. The smallest absolute Gasteiger partial charge is 0.246 e. The van der Waals surface area contributed by atoms with Crippen molar-refractivity contribution in [2.75, 3.05) is 0 Å². The van der Waals surface area contributed by atoms with Gasteiger partial charge in [-0.05, 0) is 17.3 Å². The molecule has 2 rings (SSSR count). The van der Waals surface area contributed by atoms with Crippen molar-refractivity contribution in [1.29, 1.82) is 0 Å². The van der Waals surface area contributed by atoms with Crippen LogP contribution in [-0.4, -0.2) is 9.97 Å². The Morgan fingerprint density at radius 1 is 1.31 bits per heavy atom. The molecule has 2 aromatic heterocycles. The molecular weight excluding hydrogens is 204 g/mol. The third-order valence-corrected chi connectivity index (χ3v) is 4.07. The van der Waals surface area contributed by atoms with E-state index < -0.39 is 0 Å². The van der Waals surface area contributed by atoms with Gasteiger partial charge in [0.05, 0.1) is 16.8 Å². The fourth-order valence-electron chi connectivity index (χ4n) is 0.948. The van der Waals surface area contributed by atoms with Gasteiger partial charge in [-0.15, -0.1) is 0 Å². The van der Waals surface area contributed by atoms with Gasteiger partial charge in [0, 0.05) is 18.0 Å². The van der Waals surface area contributed by atoms with Crippen molar-refractivity contribution < 1.29 is 0 Å². The predicted octanol–water partition coefficient (Wildman–Crippen LogP) is 1.94. The third kappa shape index (κ3) is 1.52. The molecule has 2 heterocycles. The van der Waals surface area contributed by atoms with E-state index in [2.05, 4.69) is 9.97 Å². The molecule has 0 radical (unpaired) electrons. The van der Waals surface area contributed by atoms with E-state index in [-0.39, 0.29) is 4.74 Å². The minimum Gasteiger partial charge on any atom is -0.277 e. The number of aromatic nitrogens is 2. The Bertz CT molecular complexity index is 460. The Hall–Kier alpha value is -1.07. The van der Waals surface area contributed by atoms with Gasteiger partial charge < -0.3 is 0 Å². The van der Waals surface area contributed by atoms with Crippen LogP contribution in [-0.2, 0) is 0 Å². The molecule has 66 valence electrons. The summed E-state index contributed by atoms with van der Waals surface area (Å²) in [6, 6.07) is 0. The quantitative estimate of drug-likeness (QED) is 0.675. The summed E-state index contributed by atoms with van der Waals surface area (Å²) in [4.78, 5) is 20.2. The molecule has 5 heteroatoms. The molecule has 13 heavy (non-hydrogen) atoms. The standard InChI is InChI=1S/C8H6N2OS2/c1-5-7(12-13-8(5)11)6-4-9-2-3-10-6/h2-4H,1H3. The maximum atomic E-state index is 11.2. The molecule has 0 aromatic carbocycles. The van der Waals surface area contributed by atoms with Crippen molar-refractivity contribution in [3.05, 3.63) is 33.7 Å². The van der Waals surface area contributed by atoms with Crippen molar-refractivity contribution in [2.24, 2.45) is 0 Å². The first-order chi connectivity index (χ1) is 6.29. The Morgan fingerprint density at radius 3 is 2.69 bits per heavy atom. The average Bonchev–Trinajstić information content (AvgIpc) is 2.49. The van der Waals surface area contributed by atoms with Gasteiger partial charge >= 0.3 is 0 Å². The van der Waals surface area contributed by atoms with Gasteiger partial charge in [0.25, 0.3) is 0 Å². The lowest BCUT2D eigenvalue weighted by Crippen LogP contribution is -1.94. The molecule has 0 N–H and O–H groups in total. The van der Waals surface area contributed by atoms with Crippen molar-refractivity contribution in [3.8, 4) is 10.6 Å². The SMILES string of the molecule is Cc1c(-c2cnccn2)ssc1=O. The van der Waals surface area contributed by atoms with Gasteiger partial charge in [-0.1, -0.05) is 10.3 Å². The molecule has 0 saturated heterocycles. The first-order valence-corrected chi connectivity index (χ1v) is 5.80. The number of hydrogen-bond acceptors (Lipinski definition) is 5. The summed E-state index contributed by atoms with van der Waals surface area (Å²) >= 11 is 0. The van der Waals surface area contributed by atoms with E-state index in [9.17, 15) is 4.79 Å². The maximum Gasteiger partial charge on any atom is 0.246 e. The van der Waals surface area contributed by atoms with E-state index in [1.807, 2.05) is 6.92 Å². The van der Waals surface area contributed by atoms with Gasteiger partial charge in [-0.2, -0.15) is 0 Å². The van der Waals surface area contributed by atoms with E-state index >= 15 is 0 Å². The van der Waals surface area contributed by atoms with Crippen molar-refractivity contribution in [3.63, 3.8) is 0 Å². The van der Waals surface area contributed by atoms with Crippen LogP contribution in [0, 0.1) is 6.92 Å². The van der Waals surface area contributed by atoms with Crippen LogP contribution in [0.4, 0.5) is 0 Å². The van der Waals surface area contributed by atoms with Crippen molar-refractivity contribution in [2.45, 2.75) is 6.92 Å². The van der Waals surface area contributed by atoms with Gasteiger partial charge in [0.1, 0.15) is 0 Å². The third-order valence-electron chi connectivity index (χ3n) is 1.64. The monoisotopic (exact) mass is 210 g/mol. The molecule has 3 nitrogen and oxygen atoms in total. The largest absolute Gasteiger partial charge is 0.277 e. The summed E-state index contributed by atoms with van der Waals surface area (Å²) in [5, 5.41) is 0. The van der Waals surface area contributed by atoms with Crippen LogP contribution < -0.4 is 4.74 Å². The molecular formula is C8H6N2OS2. The highest BCUT2D eigenvalue weighted by atomic mass is 32.9. The molecule has 2 aromatic rings. The summed E-state index contributed by atoms with van der Waals surface area (Å²) in [6.45, 7) is 1.82. The van der Waals surface area contributed by atoms with E-state index in [0.717, 1.165) is 16.1 Å². The molecule has 0 aliphatic carbocycles.